The Hall–Kier alpha value is -2.11. The van der Waals surface area contributed by atoms with Crippen LogP contribution in [0.2, 0.25) is 0 Å². The van der Waals surface area contributed by atoms with E-state index in [1.165, 1.54) is 0 Å². The highest BCUT2D eigenvalue weighted by molar-refractivity contribution is 7.15. The van der Waals surface area contributed by atoms with Gasteiger partial charge in [0.15, 0.2) is 4.96 Å². The number of aromatic nitrogens is 2. The molecule has 0 fully saturated rings. The van der Waals surface area contributed by atoms with Gasteiger partial charge in [-0.3, -0.25) is 4.40 Å². The van der Waals surface area contributed by atoms with Crippen LogP contribution >= 0.6 is 11.3 Å². The highest BCUT2D eigenvalue weighted by atomic mass is 32.1. The summed E-state index contributed by atoms with van der Waals surface area (Å²) >= 11 is 1.56. The number of imidazole rings is 1. The van der Waals surface area contributed by atoms with Crippen LogP contribution in [0.3, 0.4) is 0 Å². The molecular formula is C16H16N2O2S. The molecule has 3 aromatic rings. The van der Waals surface area contributed by atoms with Crippen molar-refractivity contribution >= 4 is 16.3 Å². The van der Waals surface area contributed by atoms with E-state index in [9.17, 15) is 0 Å². The van der Waals surface area contributed by atoms with Gasteiger partial charge in [0, 0.05) is 11.6 Å². The normalized spacial score (nSPS) is 11.0. The largest absolute Gasteiger partial charge is 0.489 e. The summed E-state index contributed by atoms with van der Waals surface area (Å²) in [4.78, 5) is 5.23. The number of aliphatic hydroxyl groups excluding tert-OH is 1. The van der Waals surface area contributed by atoms with Gasteiger partial charge in [-0.25, -0.2) is 4.98 Å². The second-order valence-corrected chi connectivity index (χ2v) is 5.77. The fourth-order valence-corrected chi connectivity index (χ4v) is 2.94. The molecule has 0 aliphatic heterocycles. The van der Waals surface area contributed by atoms with E-state index in [0.717, 1.165) is 27.5 Å². The molecule has 0 saturated heterocycles. The first-order valence-corrected chi connectivity index (χ1v) is 7.49. The molecular weight excluding hydrogens is 284 g/mol. The van der Waals surface area contributed by atoms with Crippen molar-refractivity contribution < 1.29 is 9.84 Å². The molecule has 1 aromatic carbocycles. The summed E-state index contributed by atoms with van der Waals surface area (Å²) in [5.74, 6) is 0.829. The fourth-order valence-electron chi connectivity index (χ4n) is 2.04. The van der Waals surface area contributed by atoms with Crippen LogP contribution in [0.15, 0.2) is 48.0 Å². The molecule has 0 aliphatic rings. The minimum atomic E-state index is -0.0402. The van der Waals surface area contributed by atoms with E-state index >= 15 is 0 Å². The van der Waals surface area contributed by atoms with E-state index in [1.807, 2.05) is 41.8 Å². The lowest BCUT2D eigenvalue weighted by Crippen LogP contribution is -1.97. The number of rotatable bonds is 5. The van der Waals surface area contributed by atoms with Gasteiger partial charge in [0.2, 0.25) is 0 Å². The number of thiazole rings is 1. The molecule has 0 saturated carbocycles. The van der Waals surface area contributed by atoms with E-state index in [4.69, 9.17) is 9.84 Å². The molecule has 0 bridgehead atoms. The maximum atomic E-state index is 9.16. The van der Waals surface area contributed by atoms with Gasteiger partial charge in [0.25, 0.3) is 0 Å². The average molecular weight is 300 g/mol. The highest BCUT2D eigenvalue weighted by Gasteiger charge is 2.09. The quantitative estimate of drug-likeness (QED) is 0.733. The molecule has 108 valence electrons. The van der Waals surface area contributed by atoms with Crippen LogP contribution in [0.4, 0.5) is 0 Å². The minimum Gasteiger partial charge on any atom is -0.489 e. The van der Waals surface area contributed by atoms with Crippen molar-refractivity contribution in [3.63, 3.8) is 0 Å². The fraction of sp³-hybridized carbons (Fsp3) is 0.188. The number of ether oxygens (including phenoxy) is 1. The molecule has 0 radical (unpaired) electrons. The number of nitrogens with zero attached hydrogens (tertiary/aromatic N) is 2. The summed E-state index contributed by atoms with van der Waals surface area (Å²) in [5, 5.41) is 11.2. The summed E-state index contributed by atoms with van der Waals surface area (Å²) in [5.41, 5.74) is 3.83. The third-order valence-electron chi connectivity index (χ3n) is 3.06. The topological polar surface area (TPSA) is 46.8 Å². The Morgan fingerprint density at radius 1 is 1.38 bits per heavy atom. The zero-order valence-corrected chi connectivity index (χ0v) is 12.6. The van der Waals surface area contributed by atoms with E-state index in [0.29, 0.717) is 12.3 Å². The first-order valence-electron chi connectivity index (χ1n) is 6.61. The number of fused-ring (bicyclic) bond motifs is 1. The van der Waals surface area contributed by atoms with Gasteiger partial charge in [-0.1, -0.05) is 6.58 Å². The molecule has 3 rings (SSSR count). The predicted octanol–water partition coefficient (Wildman–Crippen LogP) is 3.51. The van der Waals surface area contributed by atoms with Crippen molar-refractivity contribution in [3.8, 4) is 17.0 Å². The second kappa shape index (κ2) is 5.71. The monoisotopic (exact) mass is 300 g/mol. The second-order valence-electron chi connectivity index (χ2n) is 4.93. The standard InChI is InChI=1S/C16H16N2O2S/c1-11(2)9-20-14-5-3-12(4-6-14)15-10-21-16-17-13(8-19)7-18(15)16/h3-7,10,19H,1,8-9H2,2H3. The number of hydrogen-bond donors (Lipinski definition) is 1. The average Bonchev–Trinajstić information content (AvgIpc) is 3.05. The lowest BCUT2D eigenvalue weighted by molar-refractivity contribution is 0.277. The van der Waals surface area contributed by atoms with Crippen LogP contribution in [0, 0.1) is 0 Å². The molecule has 0 atom stereocenters. The Balaban J connectivity index is 1.88. The van der Waals surface area contributed by atoms with Gasteiger partial charge in [0.05, 0.1) is 18.0 Å². The molecule has 21 heavy (non-hydrogen) atoms. The Morgan fingerprint density at radius 2 is 2.14 bits per heavy atom. The predicted molar refractivity (Wildman–Crippen MR) is 84.7 cm³/mol. The van der Waals surface area contributed by atoms with E-state index in [-0.39, 0.29) is 6.61 Å². The first kappa shape index (κ1) is 13.9. The van der Waals surface area contributed by atoms with E-state index < -0.39 is 0 Å². The molecule has 4 nitrogen and oxygen atoms in total. The Kier molecular flexibility index (Phi) is 3.77. The summed E-state index contributed by atoms with van der Waals surface area (Å²) in [7, 11) is 0. The summed E-state index contributed by atoms with van der Waals surface area (Å²) < 4.78 is 7.60. The van der Waals surface area contributed by atoms with Gasteiger partial charge in [-0.2, -0.15) is 0 Å². The molecule has 2 aromatic heterocycles. The van der Waals surface area contributed by atoms with Crippen molar-refractivity contribution in [1.82, 2.24) is 9.38 Å². The summed E-state index contributed by atoms with van der Waals surface area (Å²) in [6.07, 6.45) is 1.87. The number of aliphatic hydroxyl groups is 1. The van der Waals surface area contributed by atoms with Crippen LogP contribution < -0.4 is 4.74 Å². The molecule has 0 spiro atoms. The first-order chi connectivity index (χ1) is 10.2. The van der Waals surface area contributed by atoms with Crippen LogP contribution in [-0.2, 0) is 6.61 Å². The van der Waals surface area contributed by atoms with Crippen LogP contribution in [0.5, 0.6) is 5.75 Å². The molecule has 1 N–H and O–H groups in total. The van der Waals surface area contributed by atoms with Gasteiger partial charge in [-0.15, -0.1) is 11.3 Å². The van der Waals surface area contributed by atoms with Crippen molar-refractivity contribution in [3.05, 3.63) is 53.7 Å². The van der Waals surface area contributed by atoms with E-state index in [2.05, 4.69) is 16.9 Å². The number of benzene rings is 1. The summed E-state index contributed by atoms with van der Waals surface area (Å²) in [6, 6.07) is 7.94. The third-order valence-corrected chi connectivity index (χ3v) is 3.90. The van der Waals surface area contributed by atoms with Crippen LogP contribution in [0.1, 0.15) is 12.6 Å². The van der Waals surface area contributed by atoms with Gasteiger partial charge in [-0.05, 0) is 42.3 Å². The molecule has 0 unspecified atom stereocenters. The Labute approximate surface area is 127 Å². The van der Waals surface area contributed by atoms with Gasteiger partial charge < -0.3 is 9.84 Å². The maximum absolute atomic E-state index is 9.16. The lowest BCUT2D eigenvalue weighted by Gasteiger charge is -2.06. The molecule has 5 heteroatoms. The third kappa shape index (κ3) is 2.84. The zero-order valence-electron chi connectivity index (χ0n) is 11.7. The van der Waals surface area contributed by atoms with Crippen LogP contribution in [0.25, 0.3) is 16.2 Å². The minimum absolute atomic E-state index is 0.0402. The summed E-state index contributed by atoms with van der Waals surface area (Å²) in [6.45, 7) is 6.25. The lowest BCUT2D eigenvalue weighted by atomic mass is 10.1. The molecule has 2 heterocycles. The van der Waals surface area contributed by atoms with Crippen molar-refractivity contribution in [1.29, 1.82) is 0 Å². The maximum Gasteiger partial charge on any atom is 0.194 e. The molecule has 0 aliphatic carbocycles. The molecule has 0 amide bonds. The smallest absolute Gasteiger partial charge is 0.194 e. The number of hydrogen-bond acceptors (Lipinski definition) is 4. The van der Waals surface area contributed by atoms with Crippen molar-refractivity contribution in [2.75, 3.05) is 6.61 Å². The Bertz CT molecular complexity index is 771. The highest BCUT2D eigenvalue weighted by Crippen LogP contribution is 2.27. The van der Waals surface area contributed by atoms with Crippen LogP contribution in [-0.4, -0.2) is 21.1 Å². The zero-order chi connectivity index (χ0) is 14.8. The van der Waals surface area contributed by atoms with Gasteiger partial charge in [0.1, 0.15) is 12.4 Å². The van der Waals surface area contributed by atoms with Crippen molar-refractivity contribution in [2.24, 2.45) is 0 Å². The Morgan fingerprint density at radius 3 is 2.81 bits per heavy atom. The van der Waals surface area contributed by atoms with E-state index in [1.54, 1.807) is 11.3 Å². The SMILES string of the molecule is C=C(C)COc1ccc(-c2csc3nc(CO)cn23)cc1. The van der Waals surface area contributed by atoms with Gasteiger partial charge >= 0.3 is 0 Å². The van der Waals surface area contributed by atoms with Crippen molar-refractivity contribution in [2.45, 2.75) is 13.5 Å².